The molecular weight excluding hydrogens is 551 g/mol. The third-order valence-electron chi connectivity index (χ3n) is 8.22. The van der Waals surface area contributed by atoms with Crippen LogP contribution >= 0.6 is 0 Å². The fraction of sp³-hybridized carbons (Fsp3) is 0.235. The predicted octanol–water partition coefficient (Wildman–Crippen LogP) is 4.81. The first kappa shape index (κ1) is 31.9. The van der Waals surface area contributed by atoms with E-state index in [1.807, 2.05) is 58.0 Å². The van der Waals surface area contributed by atoms with Gasteiger partial charge in [-0.05, 0) is 98.2 Å². The minimum atomic E-state index is -0.889. The average Bonchev–Trinajstić information content (AvgIpc) is 3.59. The molecule has 214 valence electrons. The average molecular weight is 586 g/mol. The molecule has 0 unspecified atom stereocenters. The number of carboxylic acid groups (broad SMARTS) is 2. The van der Waals surface area contributed by atoms with Gasteiger partial charge in [-0.25, -0.2) is 9.97 Å². The van der Waals surface area contributed by atoms with Crippen molar-refractivity contribution in [1.82, 2.24) is 19.9 Å². The molecule has 8 nitrogen and oxygen atoms in total. The SMILES string of the molecule is C=Cc1c(C)c2cc3[nH]c(cc4nc(cc5nc(cc1[nH]2)C(C)=C5CCC(=O)O)C(CCC(=O)O)=C4C)c(C)c3C=C.[Na+]. The van der Waals surface area contributed by atoms with Crippen LogP contribution in [-0.4, -0.2) is 42.1 Å². The summed E-state index contributed by atoms with van der Waals surface area (Å²) in [6, 6.07) is 7.88. The van der Waals surface area contributed by atoms with Crippen molar-refractivity contribution in [3.05, 3.63) is 82.5 Å². The smallest absolute Gasteiger partial charge is 0.481 e. The number of fused-ring (bicyclic) bond motifs is 8. The Labute approximate surface area is 272 Å². The van der Waals surface area contributed by atoms with Crippen LogP contribution in [0.4, 0.5) is 0 Å². The van der Waals surface area contributed by atoms with Crippen molar-refractivity contribution < 1.29 is 49.4 Å². The minimum Gasteiger partial charge on any atom is -0.481 e. The number of aromatic nitrogens is 4. The van der Waals surface area contributed by atoms with Crippen LogP contribution in [0.15, 0.2) is 37.4 Å². The van der Waals surface area contributed by atoms with Crippen LogP contribution in [0.5, 0.6) is 0 Å². The molecule has 8 bridgehead atoms. The molecule has 0 spiro atoms. The molecule has 5 rings (SSSR count). The molecule has 0 saturated heterocycles. The predicted molar refractivity (Wildman–Crippen MR) is 169 cm³/mol. The van der Waals surface area contributed by atoms with Gasteiger partial charge in [0.15, 0.2) is 0 Å². The number of allylic oxidation sites excluding steroid dienone is 4. The van der Waals surface area contributed by atoms with Crippen LogP contribution in [0.3, 0.4) is 0 Å². The molecule has 2 aliphatic rings. The van der Waals surface area contributed by atoms with Crippen LogP contribution in [0.25, 0.3) is 56.5 Å². The van der Waals surface area contributed by atoms with E-state index in [2.05, 4.69) is 29.2 Å². The number of carbonyl (C=O) groups is 2. The van der Waals surface area contributed by atoms with E-state index >= 15 is 0 Å². The Morgan fingerprint density at radius 2 is 1.07 bits per heavy atom. The van der Waals surface area contributed by atoms with E-state index < -0.39 is 11.9 Å². The standard InChI is InChI=1S/C34H34N4O4.Na/c1-7-21-17(3)25-13-26-19(5)23(9-11-33(39)40)31(37-26)16-32-24(10-12-34(41)42)20(6)28(38-32)15-30-22(8-2)18(4)27(36-30)14-29(21)35-25;/h7-8,13-16,35-36H,1-2,9-12H2,3-6H3,(H,39,40)(H,41,42);/q;+1. The number of rotatable bonds is 8. The zero-order valence-corrected chi connectivity index (χ0v) is 27.3. The monoisotopic (exact) mass is 585 g/mol. The van der Waals surface area contributed by atoms with E-state index in [-0.39, 0.29) is 42.4 Å². The van der Waals surface area contributed by atoms with Gasteiger partial charge >= 0.3 is 41.5 Å². The quantitative estimate of drug-likeness (QED) is 0.281. The summed E-state index contributed by atoms with van der Waals surface area (Å²) in [5, 5.41) is 18.9. The van der Waals surface area contributed by atoms with Gasteiger partial charge in [0.1, 0.15) is 0 Å². The number of carboxylic acids is 2. The molecule has 0 amide bonds. The first-order valence-corrected chi connectivity index (χ1v) is 13.9. The topological polar surface area (TPSA) is 132 Å². The van der Waals surface area contributed by atoms with Crippen molar-refractivity contribution in [2.24, 2.45) is 0 Å². The molecule has 0 atom stereocenters. The summed E-state index contributed by atoms with van der Waals surface area (Å²) < 4.78 is 0. The van der Waals surface area contributed by atoms with E-state index in [0.29, 0.717) is 24.2 Å². The van der Waals surface area contributed by atoms with E-state index in [4.69, 9.17) is 9.97 Å². The third-order valence-corrected chi connectivity index (χ3v) is 8.22. The molecule has 4 N–H and O–H groups in total. The Hall–Kier alpha value is -3.98. The number of nitrogens with zero attached hydrogens (tertiary/aromatic N) is 2. The van der Waals surface area contributed by atoms with Gasteiger partial charge in [0.05, 0.1) is 22.8 Å². The Balaban J connectivity index is 0.00000423. The first-order valence-electron chi connectivity index (χ1n) is 13.9. The maximum Gasteiger partial charge on any atom is 1.00 e. The van der Waals surface area contributed by atoms with Gasteiger partial charge in [0, 0.05) is 46.0 Å². The minimum absolute atomic E-state index is 0. The van der Waals surface area contributed by atoms with Gasteiger partial charge in [-0.3, -0.25) is 9.59 Å². The maximum atomic E-state index is 11.5. The fourth-order valence-electron chi connectivity index (χ4n) is 5.77. The number of hydrogen-bond donors (Lipinski definition) is 4. The third kappa shape index (κ3) is 6.09. The zero-order valence-electron chi connectivity index (χ0n) is 25.3. The first-order chi connectivity index (χ1) is 20.0. The second kappa shape index (κ2) is 12.7. The summed E-state index contributed by atoms with van der Waals surface area (Å²) in [6.07, 6.45) is 4.20. The number of aliphatic carboxylic acids is 2. The summed E-state index contributed by atoms with van der Waals surface area (Å²) in [5.74, 6) is -1.78. The van der Waals surface area contributed by atoms with Gasteiger partial charge in [0.2, 0.25) is 0 Å². The summed E-state index contributed by atoms with van der Waals surface area (Å²) in [6.45, 7) is 16.1. The zero-order chi connectivity index (χ0) is 30.3. The van der Waals surface area contributed by atoms with Crippen molar-refractivity contribution in [3.63, 3.8) is 0 Å². The molecule has 9 heteroatoms. The Morgan fingerprint density at radius 3 is 1.49 bits per heavy atom. The molecule has 0 saturated carbocycles. The molecule has 0 radical (unpaired) electrons. The molecule has 0 aliphatic carbocycles. The number of nitrogens with one attached hydrogen (secondary N) is 2. The van der Waals surface area contributed by atoms with Crippen molar-refractivity contribution in [1.29, 1.82) is 0 Å². The summed E-state index contributed by atoms with van der Waals surface area (Å²) in [7, 11) is 0. The fourth-order valence-corrected chi connectivity index (χ4v) is 5.77. The van der Waals surface area contributed by atoms with E-state index in [1.165, 1.54) is 0 Å². The van der Waals surface area contributed by atoms with Crippen LogP contribution in [0, 0.1) is 13.8 Å². The van der Waals surface area contributed by atoms with Crippen LogP contribution < -0.4 is 29.6 Å². The van der Waals surface area contributed by atoms with Gasteiger partial charge in [0.25, 0.3) is 0 Å². The molecule has 3 aromatic rings. The number of hydrogen-bond acceptors (Lipinski definition) is 4. The number of aromatic amines is 2. The molecule has 3 aromatic heterocycles. The van der Waals surface area contributed by atoms with Crippen LogP contribution in [-0.2, 0) is 9.59 Å². The van der Waals surface area contributed by atoms with Crippen LogP contribution in [0.1, 0.15) is 84.6 Å². The largest absolute Gasteiger partial charge is 1.00 e. The molecule has 43 heavy (non-hydrogen) atoms. The van der Waals surface area contributed by atoms with E-state index in [1.54, 1.807) is 0 Å². The maximum absolute atomic E-state index is 11.5. The van der Waals surface area contributed by atoms with Crippen molar-refractivity contribution in [2.45, 2.75) is 53.4 Å². The summed E-state index contributed by atoms with van der Waals surface area (Å²) in [4.78, 5) is 40.0. The molecule has 0 aromatic carbocycles. The molecule has 0 fully saturated rings. The molecule has 5 heterocycles. The Bertz CT molecular complexity index is 1920. The van der Waals surface area contributed by atoms with Crippen molar-refractivity contribution in [3.8, 4) is 0 Å². The number of aryl methyl sites for hydroxylation is 2. The van der Waals surface area contributed by atoms with E-state index in [9.17, 15) is 19.8 Å². The summed E-state index contributed by atoms with van der Waals surface area (Å²) in [5.41, 5.74) is 13.7. The molecule has 2 aliphatic heterocycles. The van der Waals surface area contributed by atoms with Gasteiger partial charge in [-0.15, -0.1) is 0 Å². The second-order valence-electron chi connectivity index (χ2n) is 10.7. The van der Waals surface area contributed by atoms with Gasteiger partial charge < -0.3 is 20.2 Å². The Morgan fingerprint density at radius 1 is 0.674 bits per heavy atom. The van der Waals surface area contributed by atoms with Crippen molar-refractivity contribution in [2.75, 3.05) is 0 Å². The second-order valence-corrected chi connectivity index (χ2v) is 10.7. The number of H-pyrrole nitrogens is 2. The summed E-state index contributed by atoms with van der Waals surface area (Å²) >= 11 is 0. The van der Waals surface area contributed by atoms with Gasteiger partial charge in [-0.2, -0.15) is 0 Å². The normalized spacial score (nSPS) is 12.7. The van der Waals surface area contributed by atoms with Gasteiger partial charge in [-0.1, -0.05) is 25.3 Å². The van der Waals surface area contributed by atoms with E-state index in [0.717, 1.165) is 78.0 Å². The van der Waals surface area contributed by atoms with Crippen LogP contribution in [0.2, 0.25) is 0 Å². The molecular formula is C34H34N4NaO4+. The Kier molecular flexibility index (Phi) is 9.44. The van der Waals surface area contributed by atoms with Crippen molar-refractivity contribution >= 4 is 68.4 Å².